The Bertz CT molecular complexity index is 566. The molecule has 1 rings (SSSR count). The van der Waals surface area contributed by atoms with Crippen LogP contribution in [0.25, 0.3) is 0 Å². The second-order valence-electron chi connectivity index (χ2n) is 3.69. The summed E-state index contributed by atoms with van der Waals surface area (Å²) in [6.07, 6.45) is -3.70. The lowest BCUT2D eigenvalue weighted by Crippen LogP contribution is -2.40. The highest BCUT2D eigenvalue weighted by Crippen LogP contribution is 2.17. The van der Waals surface area contributed by atoms with E-state index in [0.29, 0.717) is 4.90 Å². The fourth-order valence-corrected chi connectivity index (χ4v) is 1.66. The van der Waals surface area contributed by atoms with Crippen molar-refractivity contribution in [2.45, 2.75) is 17.7 Å². The van der Waals surface area contributed by atoms with Gasteiger partial charge in [0.1, 0.15) is 0 Å². The molecule has 2 N–H and O–H groups in total. The highest BCUT2D eigenvalue weighted by molar-refractivity contribution is 7.89. The van der Waals surface area contributed by atoms with Crippen LogP contribution in [-0.2, 0) is 21.4 Å². The van der Waals surface area contributed by atoms with E-state index in [4.69, 9.17) is 5.14 Å². The molecule has 0 atom stereocenters. The molecule has 7 nitrogen and oxygen atoms in total. The van der Waals surface area contributed by atoms with Crippen molar-refractivity contribution in [3.05, 3.63) is 12.3 Å². The van der Waals surface area contributed by atoms with Crippen LogP contribution in [0.3, 0.4) is 0 Å². The van der Waals surface area contributed by atoms with Gasteiger partial charge in [-0.05, 0) is 6.07 Å². The molecule has 108 valence electrons. The lowest BCUT2D eigenvalue weighted by molar-refractivity contribution is -0.184. The van der Waals surface area contributed by atoms with Crippen molar-refractivity contribution in [2.75, 3.05) is 13.6 Å². The zero-order chi connectivity index (χ0) is 14.8. The van der Waals surface area contributed by atoms with Crippen LogP contribution in [0.2, 0.25) is 0 Å². The number of halogens is 3. The number of carbonyl (C=O) groups is 1. The number of sulfonamides is 1. The molecule has 0 aliphatic heterocycles. The predicted molar refractivity (Wildman–Crippen MR) is 57.3 cm³/mol. The van der Waals surface area contributed by atoms with Crippen molar-refractivity contribution in [3.63, 3.8) is 0 Å². The maximum atomic E-state index is 12.1. The van der Waals surface area contributed by atoms with E-state index in [1.165, 1.54) is 6.20 Å². The molecule has 0 saturated carbocycles. The summed E-state index contributed by atoms with van der Waals surface area (Å²) in [6.45, 7) is -0.363. The molecule has 0 unspecified atom stereocenters. The van der Waals surface area contributed by atoms with Crippen LogP contribution >= 0.6 is 0 Å². The van der Waals surface area contributed by atoms with Crippen molar-refractivity contribution >= 4 is 15.9 Å². The summed E-state index contributed by atoms with van der Waals surface area (Å²) in [5.41, 5.74) is 0. The van der Waals surface area contributed by atoms with Gasteiger partial charge in [0.15, 0.2) is 5.03 Å². The normalized spacial score (nSPS) is 12.5. The molecule has 1 aromatic rings. The molecule has 0 aromatic carbocycles. The lowest BCUT2D eigenvalue weighted by atomic mass is 10.4. The number of nitrogens with zero attached hydrogens (tertiary/aromatic N) is 3. The molecule has 0 radical (unpaired) electrons. The quantitative estimate of drug-likeness (QED) is 0.814. The number of hydrogen-bond acceptors (Lipinski definition) is 4. The Hall–Kier alpha value is -1.62. The maximum Gasteiger partial charge on any atom is 0.471 e. The molecule has 0 fully saturated rings. The molecule has 1 amide bonds. The first-order valence-electron chi connectivity index (χ1n) is 4.90. The van der Waals surface area contributed by atoms with E-state index in [-0.39, 0.29) is 13.1 Å². The minimum absolute atomic E-state index is 0.0894. The van der Waals surface area contributed by atoms with Crippen molar-refractivity contribution in [3.8, 4) is 0 Å². The van der Waals surface area contributed by atoms with Crippen LogP contribution in [0.1, 0.15) is 0 Å². The number of likely N-dealkylation sites (N-methyl/N-ethyl adjacent to an activating group) is 1. The molecule has 19 heavy (non-hydrogen) atoms. The Labute approximate surface area is 106 Å². The van der Waals surface area contributed by atoms with E-state index in [1.807, 2.05) is 0 Å². The largest absolute Gasteiger partial charge is 0.471 e. The summed E-state index contributed by atoms with van der Waals surface area (Å²) >= 11 is 0. The number of alkyl halides is 3. The average molecular weight is 300 g/mol. The number of hydrogen-bond donors (Lipinski definition) is 1. The molecule has 0 aliphatic rings. The van der Waals surface area contributed by atoms with Crippen molar-refractivity contribution < 1.29 is 26.4 Å². The van der Waals surface area contributed by atoms with E-state index >= 15 is 0 Å². The third kappa shape index (κ3) is 4.21. The van der Waals surface area contributed by atoms with Crippen LogP contribution in [0.15, 0.2) is 17.3 Å². The molecule has 0 spiro atoms. The summed E-state index contributed by atoms with van der Waals surface area (Å²) in [7, 11) is -2.97. The van der Waals surface area contributed by atoms with Crippen molar-refractivity contribution in [1.82, 2.24) is 14.7 Å². The lowest BCUT2D eigenvalue weighted by Gasteiger charge is -2.18. The molecule has 11 heteroatoms. The number of carbonyl (C=O) groups excluding carboxylic acids is 1. The first-order chi connectivity index (χ1) is 8.51. The van der Waals surface area contributed by atoms with Gasteiger partial charge in [0, 0.05) is 19.8 Å². The van der Waals surface area contributed by atoms with Crippen molar-refractivity contribution in [2.24, 2.45) is 5.14 Å². The van der Waals surface area contributed by atoms with E-state index in [9.17, 15) is 26.4 Å². The van der Waals surface area contributed by atoms with Gasteiger partial charge in [-0.3, -0.25) is 9.48 Å². The highest BCUT2D eigenvalue weighted by Gasteiger charge is 2.41. The fourth-order valence-electron chi connectivity index (χ4n) is 1.19. The second-order valence-corrected chi connectivity index (χ2v) is 5.19. The first kappa shape index (κ1) is 15.4. The molecule has 1 heterocycles. The highest BCUT2D eigenvalue weighted by atomic mass is 32.2. The van der Waals surface area contributed by atoms with Crippen LogP contribution in [0, 0.1) is 0 Å². The fraction of sp³-hybridized carbons (Fsp3) is 0.500. The van der Waals surface area contributed by atoms with Crippen LogP contribution in [0.5, 0.6) is 0 Å². The van der Waals surface area contributed by atoms with Gasteiger partial charge < -0.3 is 4.90 Å². The van der Waals surface area contributed by atoms with Gasteiger partial charge in [0.2, 0.25) is 0 Å². The minimum Gasteiger partial charge on any atom is -0.336 e. The van der Waals surface area contributed by atoms with Gasteiger partial charge in [-0.1, -0.05) is 0 Å². The van der Waals surface area contributed by atoms with E-state index in [1.54, 1.807) is 0 Å². The standard InChI is InChI=1S/C8H11F3N4O3S/c1-14(7(16)8(9,10)11)4-5-15-3-2-6(13-15)19(12,17)18/h2-3H,4-5H2,1H3,(H2,12,17,18). The van der Waals surface area contributed by atoms with Gasteiger partial charge in [0.05, 0.1) is 6.54 Å². The molecular weight excluding hydrogens is 289 g/mol. The van der Waals surface area contributed by atoms with Crippen LogP contribution in [0.4, 0.5) is 13.2 Å². The van der Waals surface area contributed by atoms with Gasteiger partial charge in [-0.25, -0.2) is 13.6 Å². The summed E-state index contributed by atoms with van der Waals surface area (Å²) in [5.74, 6) is -1.98. The maximum absolute atomic E-state index is 12.1. The smallest absolute Gasteiger partial charge is 0.336 e. The zero-order valence-corrected chi connectivity index (χ0v) is 10.6. The molecule has 0 aliphatic carbocycles. The number of primary sulfonamides is 1. The summed E-state index contributed by atoms with van der Waals surface area (Å²) in [4.78, 5) is 11.3. The van der Waals surface area contributed by atoms with Crippen LogP contribution in [-0.4, -0.2) is 48.8 Å². The Morgan fingerprint density at radius 2 is 2.11 bits per heavy atom. The van der Waals surface area contributed by atoms with Crippen LogP contribution < -0.4 is 5.14 Å². The average Bonchev–Trinajstić information content (AvgIpc) is 2.71. The Balaban J connectivity index is 2.63. The topological polar surface area (TPSA) is 98.3 Å². The third-order valence-corrected chi connectivity index (χ3v) is 2.96. The number of nitrogens with two attached hydrogens (primary N) is 1. The zero-order valence-electron chi connectivity index (χ0n) is 9.75. The Morgan fingerprint density at radius 3 is 2.53 bits per heavy atom. The van der Waals surface area contributed by atoms with Crippen molar-refractivity contribution in [1.29, 1.82) is 0 Å². The second kappa shape index (κ2) is 5.17. The van der Waals surface area contributed by atoms with E-state index in [2.05, 4.69) is 5.10 Å². The third-order valence-electron chi connectivity index (χ3n) is 2.16. The van der Waals surface area contributed by atoms with Gasteiger partial charge in [-0.2, -0.15) is 18.3 Å². The Kier molecular flexibility index (Phi) is 4.20. The van der Waals surface area contributed by atoms with Gasteiger partial charge in [-0.15, -0.1) is 0 Å². The summed E-state index contributed by atoms with van der Waals surface area (Å²) < 4.78 is 59.1. The summed E-state index contributed by atoms with van der Waals surface area (Å²) in [5, 5.41) is 7.98. The molecular formula is C8H11F3N4O3S. The number of rotatable bonds is 4. The number of amides is 1. The SMILES string of the molecule is CN(CCn1ccc(S(N)(=O)=O)n1)C(=O)C(F)(F)F. The predicted octanol–water partition coefficient (Wildman–Crippen LogP) is -0.449. The minimum atomic E-state index is -4.94. The first-order valence-corrected chi connectivity index (χ1v) is 6.45. The monoisotopic (exact) mass is 300 g/mol. The molecule has 1 aromatic heterocycles. The molecule has 0 saturated heterocycles. The van der Waals surface area contributed by atoms with Gasteiger partial charge in [0.25, 0.3) is 10.0 Å². The summed E-state index contributed by atoms with van der Waals surface area (Å²) in [6, 6.07) is 1.11. The van der Waals surface area contributed by atoms with E-state index < -0.39 is 27.1 Å². The number of aromatic nitrogens is 2. The van der Waals surface area contributed by atoms with Gasteiger partial charge >= 0.3 is 12.1 Å². The Morgan fingerprint density at radius 1 is 1.53 bits per heavy atom. The van der Waals surface area contributed by atoms with E-state index in [0.717, 1.165) is 17.8 Å². The molecule has 0 bridgehead atoms.